The Balaban J connectivity index is 1.78. The first-order valence-corrected chi connectivity index (χ1v) is 7.85. The second kappa shape index (κ2) is 6.95. The van der Waals surface area contributed by atoms with Crippen molar-refractivity contribution in [1.29, 1.82) is 0 Å². The Labute approximate surface area is 132 Å². The highest BCUT2D eigenvalue weighted by Gasteiger charge is 2.22. The molecule has 22 heavy (non-hydrogen) atoms. The van der Waals surface area contributed by atoms with Crippen LogP contribution in [-0.4, -0.2) is 36.8 Å². The molecule has 1 atom stereocenters. The summed E-state index contributed by atoms with van der Waals surface area (Å²) >= 11 is 0. The summed E-state index contributed by atoms with van der Waals surface area (Å²) in [5.41, 5.74) is 3.59. The van der Waals surface area contributed by atoms with Gasteiger partial charge in [0.2, 0.25) is 0 Å². The Bertz CT molecular complexity index is 612. The van der Waals surface area contributed by atoms with Gasteiger partial charge in [-0.05, 0) is 36.1 Å². The molecule has 3 rings (SSSR count). The van der Waals surface area contributed by atoms with Gasteiger partial charge in [0.1, 0.15) is 5.75 Å². The van der Waals surface area contributed by atoms with Gasteiger partial charge in [0, 0.05) is 25.3 Å². The van der Waals surface area contributed by atoms with Crippen molar-refractivity contribution < 1.29 is 9.84 Å². The third-order valence-electron chi connectivity index (χ3n) is 4.42. The van der Waals surface area contributed by atoms with Crippen molar-refractivity contribution in [2.24, 2.45) is 5.92 Å². The van der Waals surface area contributed by atoms with E-state index in [1.54, 1.807) is 7.11 Å². The van der Waals surface area contributed by atoms with Gasteiger partial charge in [-0.2, -0.15) is 0 Å². The second-order valence-electron chi connectivity index (χ2n) is 5.97. The smallest absolute Gasteiger partial charge is 0.123 e. The maximum Gasteiger partial charge on any atom is 0.123 e. The summed E-state index contributed by atoms with van der Waals surface area (Å²) in [6.45, 7) is 3.20. The van der Waals surface area contributed by atoms with E-state index in [0.717, 1.165) is 31.8 Å². The fraction of sp³-hybridized carbons (Fsp3) is 0.368. The maximum atomic E-state index is 9.26. The van der Waals surface area contributed by atoms with Gasteiger partial charge in [0.25, 0.3) is 0 Å². The molecule has 2 aromatic rings. The number of likely N-dealkylation sites (tertiary alicyclic amines) is 1. The maximum absolute atomic E-state index is 9.26. The molecule has 0 radical (unpaired) electrons. The van der Waals surface area contributed by atoms with Crippen LogP contribution in [-0.2, 0) is 6.54 Å². The van der Waals surface area contributed by atoms with Crippen molar-refractivity contribution in [2.45, 2.75) is 13.0 Å². The topological polar surface area (TPSA) is 32.7 Å². The highest BCUT2D eigenvalue weighted by Crippen LogP contribution is 2.29. The number of ether oxygens (including phenoxy) is 1. The van der Waals surface area contributed by atoms with Crippen LogP contribution in [0.25, 0.3) is 11.1 Å². The molecule has 1 aliphatic heterocycles. The van der Waals surface area contributed by atoms with Crippen LogP contribution < -0.4 is 4.74 Å². The Morgan fingerprint density at radius 3 is 2.64 bits per heavy atom. The van der Waals surface area contributed by atoms with E-state index < -0.39 is 0 Å². The van der Waals surface area contributed by atoms with Gasteiger partial charge in [-0.15, -0.1) is 0 Å². The third-order valence-corrected chi connectivity index (χ3v) is 4.42. The number of aliphatic hydroxyl groups is 1. The predicted molar refractivity (Wildman–Crippen MR) is 88.9 cm³/mol. The van der Waals surface area contributed by atoms with Crippen LogP contribution in [0.15, 0.2) is 48.5 Å². The van der Waals surface area contributed by atoms with Gasteiger partial charge in [-0.3, -0.25) is 4.90 Å². The van der Waals surface area contributed by atoms with E-state index in [1.165, 1.54) is 16.7 Å². The lowest BCUT2D eigenvalue weighted by molar-refractivity contribution is 0.219. The van der Waals surface area contributed by atoms with Gasteiger partial charge in [-0.1, -0.05) is 42.5 Å². The Kier molecular flexibility index (Phi) is 4.76. The van der Waals surface area contributed by atoms with Crippen molar-refractivity contribution in [2.75, 3.05) is 26.8 Å². The molecule has 0 unspecified atom stereocenters. The molecule has 1 aliphatic rings. The molecule has 1 fully saturated rings. The molecule has 3 nitrogen and oxygen atoms in total. The van der Waals surface area contributed by atoms with Crippen molar-refractivity contribution in [1.82, 2.24) is 4.90 Å². The van der Waals surface area contributed by atoms with Crippen LogP contribution >= 0.6 is 0 Å². The lowest BCUT2D eigenvalue weighted by Gasteiger charge is -2.18. The summed E-state index contributed by atoms with van der Waals surface area (Å²) in [7, 11) is 1.73. The molecular formula is C19H23NO2. The molecule has 0 bridgehead atoms. The predicted octanol–water partition coefficient (Wildman–Crippen LogP) is 3.18. The summed E-state index contributed by atoms with van der Waals surface area (Å²) in [5, 5.41) is 9.26. The molecule has 0 saturated carbocycles. The lowest BCUT2D eigenvalue weighted by atomic mass is 10.0. The number of hydrogen-bond acceptors (Lipinski definition) is 3. The summed E-state index contributed by atoms with van der Waals surface area (Å²) in [6, 6.07) is 16.8. The van der Waals surface area contributed by atoms with Gasteiger partial charge in [-0.25, -0.2) is 0 Å². The van der Waals surface area contributed by atoms with Crippen LogP contribution in [0.1, 0.15) is 12.0 Å². The zero-order chi connectivity index (χ0) is 15.4. The van der Waals surface area contributed by atoms with E-state index in [1.807, 2.05) is 6.07 Å². The summed E-state index contributed by atoms with van der Waals surface area (Å²) in [4.78, 5) is 2.39. The fourth-order valence-corrected chi connectivity index (χ4v) is 3.13. The van der Waals surface area contributed by atoms with Crippen LogP contribution in [0.2, 0.25) is 0 Å². The van der Waals surface area contributed by atoms with E-state index in [9.17, 15) is 5.11 Å². The zero-order valence-corrected chi connectivity index (χ0v) is 13.0. The van der Waals surface area contributed by atoms with Gasteiger partial charge in [0.15, 0.2) is 0 Å². The molecule has 0 amide bonds. The molecule has 1 heterocycles. The van der Waals surface area contributed by atoms with E-state index in [0.29, 0.717) is 12.5 Å². The fourth-order valence-electron chi connectivity index (χ4n) is 3.13. The van der Waals surface area contributed by atoms with E-state index >= 15 is 0 Å². The van der Waals surface area contributed by atoms with Crippen molar-refractivity contribution in [3.05, 3.63) is 54.1 Å². The third kappa shape index (κ3) is 3.32. The normalized spacial score (nSPS) is 18.5. The molecule has 0 spiro atoms. The molecule has 0 aliphatic carbocycles. The molecule has 1 N–H and O–H groups in total. The van der Waals surface area contributed by atoms with Crippen LogP contribution in [0, 0.1) is 5.92 Å². The minimum atomic E-state index is 0.292. The number of rotatable bonds is 5. The summed E-state index contributed by atoms with van der Waals surface area (Å²) in [6.07, 6.45) is 1.08. The Morgan fingerprint density at radius 1 is 1.14 bits per heavy atom. The average molecular weight is 297 g/mol. The quantitative estimate of drug-likeness (QED) is 0.920. The average Bonchev–Trinajstić information content (AvgIpc) is 3.03. The number of benzene rings is 2. The van der Waals surface area contributed by atoms with Crippen LogP contribution in [0.3, 0.4) is 0 Å². The van der Waals surface area contributed by atoms with E-state index in [2.05, 4.69) is 47.4 Å². The highest BCUT2D eigenvalue weighted by molar-refractivity contribution is 5.66. The second-order valence-corrected chi connectivity index (χ2v) is 5.97. The van der Waals surface area contributed by atoms with E-state index in [-0.39, 0.29) is 0 Å². The summed E-state index contributed by atoms with van der Waals surface area (Å²) in [5.74, 6) is 1.36. The SMILES string of the molecule is COc1cc(-c2ccccc2)ccc1CN1CC[C@H](CO)C1. The largest absolute Gasteiger partial charge is 0.496 e. The number of aliphatic hydroxyl groups excluding tert-OH is 1. The minimum Gasteiger partial charge on any atom is -0.496 e. The van der Waals surface area contributed by atoms with Gasteiger partial charge < -0.3 is 9.84 Å². The minimum absolute atomic E-state index is 0.292. The Hall–Kier alpha value is -1.84. The van der Waals surface area contributed by atoms with Crippen molar-refractivity contribution in [3.8, 4) is 16.9 Å². The summed E-state index contributed by atoms with van der Waals surface area (Å²) < 4.78 is 5.59. The van der Waals surface area contributed by atoms with E-state index in [4.69, 9.17) is 4.74 Å². The van der Waals surface area contributed by atoms with Gasteiger partial charge >= 0.3 is 0 Å². The molecule has 1 saturated heterocycles. The molecule has 2 aromatic carbocycles. The molecule has 116 valence electrons. The standard InChI is InChI=1S/C19H23NO2/c1-22-19-11-17(16-5-3-2-4-6-16)7-8-18(19)13-20-10-9-15(12-20)14-21/h2-8,11,15,21H,9-10,12-14H2,1H3/t15-/m0/s1. The van der Waals surface area contributed by atoms with Crippen molar-refractivity contribution >= 4 is 0 Å². The lowest BCUT2D eigenvalue weighted by Crippen LogP contribution is -2.21. The molecule has 3 heteroatoms. The number of methoxy groups -OCH3 is 1. The zero-order valence-electron chi connectivity index (χ0n) is 13.0. The first-order chi connectivity index (χ1) is 10.8. The monoisotopic (exact) mass is 297 g/mol. The molecular weight excluding hydrogens is 274 g/mol. The molecule has 0 aromatic heterocycles. The first-order valence-electron chi connectivity index (χ1n) is 7.85. The van der Waals surface area contributed by atoms with Crippen LogP contribution in [0.4, 0.5) is 0 Å². The highest BCUT2D eigenvalue weighted by atomic mass is 16.5. The van der Waals surface area contributed by atoms with Crippen molar-refractivity contribution in [3.63, 3.8) is 0 Å². The van der Waals surface area contributed by atoms with Crippen LogP contribution in [0.5, 0.6) is 5.75 Å². The number of nitrogens with zero attached hydrogens (tertiary/aromatic N) is 1. The first kappa shape index (κ1) is 15.1. The Morgan fingerprint density at radius 2 is 1.95 bits per heavy atom. The number of hydrogen-bond donors (Lipinski definition) is 1. The van der Waals surface area contributed by atoms with Gasteiger partial charge in [0.05, 0.1) is 7.11 Å².